The van der Waals surface area contributed by atoms with Gasteiger partial charge in [-0.2, -0.15) is 18.4 Å². The highest BCUT2D eigenvalue weighted by Gasteiger charge is 2.62. The van der Waals surface area contributed by atoms with E-state index in [1.165, 1.54) is 12.1 Å². The quantitative estimate of drug-likeness (QED) is 0.732. The highest BCUT2D eigenvalue weighted by molar-refractivity contribution is 7.93. The lowest BCUT2D eigenvalue weighted by Crippen LogP contribution is -2.37. The molecule has 0 radical (unpaired) electrons. The Hall–Kier alpha value is -2.27. The van der Waals surface area contributed by atoms with Crippen LogP contribution >= 0.6 is 0 Å². The molecule has 8 heteroatoms. The van der Waals surface area contributed by atoms with Gasteiger partial charge in [0.05, 0.1) is 34.2 Å². The van der Waals surface area contributed by atoms with E-state index in [9.17, 15) is 21.6 Å². The van der Waals surface area contributed by atoms with E-state index in [0.29, 0.717) is 6.42 Å². The summed E-state index contributed by atoms with van der Waals surface area (Å²) in [6, 6.07) is 4.17. The highest BCUT2D eigenvalue weighted by atomic mass is 32.2. The van der Waals surface area contributed by atoms with Gasteiger partial charge in [0, 0.05) is 5.92 Å². The number of allylic oxidation sites excluding steroid dienone is 2. The third kappa shape index (κ3) is 2.52. The topological polar surface area (TPSA) is 61.2 Å². The fourth-order valence-electron chi connectivity index (χ4n) is 4.98. The number of hydrogen-bond acceptors (Lipinski definition) is 3. The second-order valence-corrected chi connectivity index (χ2v) is 9.23. The lowest BCUT2D eigenvalue weighted by atomic mass is 9.84. The Labute approximate surface area is 155 Å². The molecule has 2 aliphatic carbocycles. The van der Waals surface area contributed by atoms with Gasteiger partial charge in [-0.25, -0.2) is 8.42 Å². The first-order chi connectivity index (χ1) is 12.7. The normalized spacial score (nSPS) is 33.1. The first-order valence-corrected chi connectivity index (χ1v) is 10.1. The standard InChI is InChI=1S/C19H17F3N2O2S/c1-2-3-16-17-11-4-5-12(8-11)18(17)27(25,26)24(16)14-7-6-13(10-23)15(9-14)19(20,21)22/h2,4-7,9,11-12,16-18H,1,3,8H2/t11-,12+,16+,17+,18+/m1/s1. The van der Waals surface area contributed by atoms with Gasteiger partial charge in [-0.1, -0.05) is 18.2 Å². The maximum Gasteiger partial charge on any atom is 0.417 e. The van der Waals surface area contributed by atoms with Crippen molar-refractivity contribution in [3.63, 3.8) is 0 Å². The lowest BCUT2D eigenvalue weighted by Gasteiger charge is -2.29. The van der Waals surface area contributed by atoms with Crippen LogP contribution in [-0.4, -0.2) is 19.7 Å². The summed E-state index contributed by atoms with van der Waals surface area (Å²) in [6.45, 7) is 3.70. The largest absolute Gasteiger partial charge is 0.417 e. The summed E-state index contributed by atoms with van der Waals surface area (Å²) in [5.41, 5.74) is -1.68. The molecule has 0 spiro atoms. The Bertz CT molecular complexity index is 978. The van der Waals surface area contributed by atoms with Crippen LogP contribution in [-0.2, 0) is 16.2 Å². The van der Waals surface area contributed by atoms with Gasteiger partial charge >= 0.3 is 6.18 Å². The van der Waals surface area contributed by atoms with E-state index in [0.717, 1.165) is 22.9 Å². The van der Waals surface area contributed by atoms with Crippen molar-refractivity contribution in [1.29, 1.82) is 5.26 Å². The molecule has 5 atom stereocenters. The van der Waals surface area contributed by atoms with E-state index in [1.807, 2.05) is 12.2 Å². The average molecular weight is 394 g/mol. The minimum Gasteiger partial charge on any atom is -0.266 e. The molecule has 4 rings (SSSR count). The summed E-state index contributed by atoms with van der Waals surface area (Å²) in [7, 11) is -3.82. The predicted octanol–water partition coefficient (Wildman–Crippen LogP) is 3.86. The van der Waals surface area contributed by atoms with Crippen LogP contribution in [0.2, 0.25) is 0 Å². The van der Waals surface area contributed by atoms with Crippen molar-refractivity contribution in [1.82, 2.24) is 0 Å². The number of rotatable bonds is 3. The molecule has 1 aliphatic heterocycles. The van der Waals surface area contributed by atoms with E-state index in [1.54, 1.807) is 6.08 Å². The first kappa shape index (κ1) is 18.1. The van der Waals surface area contributed by atoms with Crippen molar-refractivity contribution < 1.29 is 21.6 Å². The molecule has 27 heavy (non-hydrogen) atoms. The van der Waals surface area contributed by atoms with Crippen LogP contribution in [0.15, 0.2) is 43.0 Å². The van der Waals surface area contributed by atoms with E-state index < -0.39 is 38.6 Å². The van der Waals surface area contributed by atoms with Gasteiger partial charge < -0.3 is 0 Å². The van der Waals surface area contributed by atoms with Gasteiger partial charge in [-0.05, 0) is 42.9 Å². The van der Waals surface area contributed by atoms with E-state index in [4.69, 9.17) is 5.26 Å². The highest BCUT2D eigenvalue weighted by Crippen LogP contribution is 2.56. The molecule has 1 aromatic rings. The van der Waals surface area contributed by atoms with E-state index in [2.05, 4.69) is 6.58 Å². The average Bonchev–Trinajstić information content (AvgIpc) is 3.26. The molecule has 1 saturated carbocycles. The Morgan fingerprint density at radius 1 is 1.30 bits per heavy atom. The van der Waals surface area contributed by atoms with Crippen LogP contribution in [0.3, 0.4) is 0 Å². The van der Waals surface area contributed by atoms with Crippen molar-refractivity contribution >= 4 is 15.7 Å². The van der Waals surface area contributed by atoms with Crippen LogP contribution in [0.5, 0.6) is 0 Å². The molecule has 1 saturated heterocycles. The van der Waals surface area contributed by atoms with Gasteiger partial charge in [0.2, 0.25) is 10.0 Å². The molecule has 0 unspecified atom stereocenters. The van der Waals surface area contributed by atoms with Gasteiger partial charge in [0.1, 0.15) is 0 Å². The van der Waals surface area contributed by atoms with Crippen LogP contribution in [0.4, 0.5) is 18.9 Å². The number of benzene rings is 1. The van der Waals surface area contributed by atoms with Crippen LogP contribution in [0.1, 0.15) is 24.0 Å². The van der Waals surface area contributed by atoms with Crippen molar-refractivity contribution in [2.45, 2.75) is 30.3 Å². The van der Waals surface area contributed by atoms with E-state index in [-0.39, 0.29) is 23.4 Å². The van der Waals surface area contributed by atoms with Crippen LogP contribution in [0, 0.1) is 29.1 Å². The second-order valence-electron chi connectivity index (χ2n) is 7.26. The molecule has 0 N–H and O–H groups in total. The molecule has 2 bridgehead atoms. The van der Waals surface area contributed by atoms with Crippen LogP contribution < -0.4 is 4.31 Å². The smallest absolute Gasteiger partial charge is 0.266 e. The molecular formula is C19H17F3N2O2S. The zero-order chi connectivity index (χ0) is 19.6. The fourth-order valence-corrected chi connectivity index (χ4v) is 7.68. The maximum atomic E-state index is 13.4. The zero-order valence-corrected chi connectivity index (χ0v) is 15.0. The number of hydrogen-bond donors (Lipinski definition) is 0. The lowest BCUT2D eigenvalue weighted by molar-refractivity contribution is -0.137. The molecule has 1 aromatic carbocycles. The minimum atomic E-state index is -4.74. The Balaban J connectivity index is 1.86. The molecule has 0 amide bonds. The molecule has 3 aliphatic rings. The summed E-state index contributed by atoms with van der Waals surface area (Å²) in [5, 5.41) is 8.37. The summed E-state index contributed by atoms with van der Waals surface area (Å²) in [6.07, 6.45) is 1.95. The van der Waals surface area contributed by atoms with Crippen LogP contribution in [0.25, 0.3) is 0 Å². The maximum absolute atomic E-state index is 13.4. The van der Waals surface area contributed by atoms with Gasteiger partial charge in [-0.15, -0.1) is 6.58 Å². The Morgan fingerprint density at radius 3 is 2.63 bits per heavy atom. The number of fused-ring (bicyclic) bond motifs is 5. The SMILES string of the molecule is C=CC[C@H]1[C@H]2[C@H]([C@H]3C=C[C@@H]2C3)S(=O)(=O)N1c1ccc(C#N)c(C(F)(F)F)c1. The minimum absolute atomic E-state index is 0.0398. The van der Waals surface area contributed by atoms with Crippen molar-refractivity contribution in [2.75, 3.05) is 4.31 Å². The predicted molar refractivity (Wildman–Crippen MR) is 94.2 cm³/mol. The molecule has 0 aromatic heterocycles. The Morgan fingerprint density at radius 2 is 2.00 bits per heavy atom. The number of anilines is 1. The molecule has 2 fully saturated rings. The van der Waals surface area contributed by atoms with Gasteiger partial charge in [-0.3, -0.25) is 4.31 Å². The zero-order valence-electron chi connectivity index (χ0n) is 14.2. The van der Waals surface area contributed by atoms with Crippen molar-refractivity contribution in [3.05, 3.63) is 54.1 Å². The van der Waals surface area contributed by atoms with Crippen molar-refractivity contribution in [2.24, 2.45) is 17.8 Å². The van der Waals surface area contributed by atoms with Gasteiger partial charge in [0.25, 0.3) is 0 Å². The monoisotopic (exact) mass is 394 g/mol. The molecule has 142 valence electrons. The van der Waals surface area contributed by atoms with Crippen molar-refractivity contribution in [3.8, 4) is 6.07 Å². The third-order valence-corrected chi connectivity index (χ3v) is 8.28. The molecular weight excluding hydrogens is 377 g/mol. The summed E-state index contributed by atoms with van der Waals surface area (Å²) in [5.74, 6) is -0.138. The van der Waals surface area contributed by atoms with Gasteiger partial charge in [0.15, 0.2) is 0 Å². The Kier molecular flexibility index (Phi) is 3.93. The first-order valence-electron chi connectivity index (χ1n) is 8.64. The summed E-state index contributed by atoms with van der Waals surface area (Å²) < 4.78 is 67.8. The third-order valence-electron chi connectivity index (χ3n) is 5.90. The number of halogens is 3. The summed E-state index contributed by atoms with van der Waals surface area (Å²) >= 11 is 0. The number of sulfonamides is 1. The molecule has 1 heterocycles. The second kappa shape index (κ2) is 5.86. The number of nitrogens with zero attached hydrogens (tertiary/aromatic N) is 2. The number of nitriles is 1. The number of alkyl halides is 3. The fraction of sp³-hybridized carbons (Fsp3) is 0.421. The van der Waals surface area contributed by atoms with E-state index >= 15 is 0 Å². The molecule has 4 nitrogen and oxygen atoms in total. The summed E-state index contributed by atoms with van der Waals surface area (Å²) in [4.78, 5) is 0.